The Labute approximate surface area is 129 Å². The van der Waals surface area contributed by atoms with E-state index in [1.165, 1.54) is 6.26 Å². The van der Waals surface area contributed by atoms with Crippen molar-refractivity contribution >= 4 is 5.91 Å². The molecule has 3 heterocycles. The molecule has 0 atom stereocenters. The van der Waals surface area contributed by atoms with Crippen molar-refractivity contribution in [2.45, 2.75) is 19.4 Å². The zero-order chi connectivity index (χ0) is 15.2. The highest BCUT2D eigenvalue weighted by Gasteiger charge is 2.20. The maximum Gasteiger partial charge on any atom is 0.286 e. The summed E-state index contributed by atoms with van der Waals surface area (Å²) in [6, 6.07) is 3.41. The van der Waals surface area contributed by atoms with E-state index in [2.05, 4.69) is 20.4 Å². The highest BCUT2D eigenvalue weighted by atomic mass is 16.3. The Morgan fingerprint density at radius 3 is 2.73 bits per heavy atom. The van der Waals surface area contributed by atoms with E-state index in [1.807, 2.05) is 4.57 Å². The van der Waals surface area contributed by atoms with Crippen LogP contribution in [0.2, 0.25) is 0 Å². The van der Waals surface area contributed by atoms with E-state index in [1.54, 1.807) is 24.8 Å². The van der Waals surface area contributed by atoms with Gasteiger partial charge in [-0.2, -0.15) is 0 Å². The molecule has 1 aliphatic heterocycles. The van der Waals surface area contributed by atoms with Crippen molar-refractivity contribution in [2.75, 3.05) is 26.2 Å². The third kappa shape index (κ3) is 3.94. The third-order valence-corrected chi connectivity index (χ3v) is 4.14. The normalized spacial score (nSPS) is 16.7. The molecule has 3 rings (SSSR count). The lowest BCUT2D eigenvalue weighted by Crippen LogP contribution is -2.39. The predicted octanol–water partition coefficient (Wildman–Crippen LogP) is 1.01. The molecule has 118 valence electrons. The molecule has 1 saturated heterocycles. The fourth-order valence-electron chi connectivity index (χ4n) is 2.74. The van der Waals surface area contributed by atoms with Crippen LogP contribution in [0.3, 0.4) is 0 Å². The summed E-state index contributed by atoms with van der Waals surface area (Å²) < 4.78 is 7.08. The number of likely N-dealkylation sites (tertiary alicyclic amines) is 1. The van der Waals surface area contributed by atoms with Crippen LogP contribution in [-0.2, 0) is 6.54 Å². The van der Waals surface area contributed by atoms with E-state index in [4.69, 9.17) is 4.42 Å². The first-order valence-electron chi connectivity index (χ1n) is 7.68. The van der Waals surface area contributed by atoms with E-state index in [0.29, 0.717) is 11.7 Å². The summed E-state index contributed by atoms with van der Waals surface area (Å²) in [6.45, 7) is 4.81. The van der Waals surface area contributed by atoms with Gasteiger partial charge in [-0.15, -0.1) is 10.2 Å². The van der Waals surface area contributed by atoms with E-state index in [9.17, 15) is 4.79 Å². The van der Waals surface area contributed by atoms with Crippen LogP contribution in [0, 0.1) is 5.92 Å². The number of rotatable bonds is 6. The fraction of sp³-hybridized carbons (Fsp3) is 0.533. The second-order valence-corrected chi connectivity index (χ2v) is 5.67. The van der Waals surface area contributed by atoms with Gasteiger partial charge in [0.25, 0.3) is 5.91 Å². The van der Waals surface area contributed by atoms with Crippen LogP contribution in [0.4, 0.5) is 0 Å². The highest BCUT2D eigenvalue weighted by molar-refractivity contribution is 5.91. The molecule has 1 N–H and O–H groups in total. The number of hydrogen-bond acceptors (Lipinski definition) is 5. The summed E-state index contributed by atoms with van der Waals surface area (Å²) in [5.41, 5.74) is 0. The number of furan rings is 1. The van der Waals surface area contributed by atoms with Crippen LogP contribution in [-0.4, -0.2) is 51.8 Å². The van der Waals surface area contributed by atoms with Crippen molar-refractivity contribution < 1.29 is 9.21 Å². The monoisotopic (exact) mass is 303 g/mol. The molecule has 2 aromatic heterocycles. The summed E-state index contributed by atoms with van der Waals surface area (Å²) >= 11 is 0. The van der Waals surface area contributed by atoms with E-state index >= 15 is 0 Å². The van der Waals surface area contributed by atoms with Crippen molar-refractivity contribution in [1.29, 1.82) is 0 Å². The SMILES string of the molecule is O=C(NCC1CCN(CCn2cnnc2)CC1)c1ccco1. The van der Waals surface area contributed by atoms with Crippen LogP contribution in [0.15, 0.2) is 35.5 Å². The quantitative estimate of drug-likeness (QED) is 0.862. The zero-order valence-electron chi connectivity index (χ0n) is 12.5. The Morgan fingerprint density at radius 1 is 1.27 bits per heavy atom. The zero-order valence-corrected chi connectivity index (χ0v) is 12.5. The van der Waals surface area contributed by atoms with Gasteiger partial charge in [0.05, 0.1) is 6.26 Å². The molecule has 1 aliphatic rings. The second kappa shape index (κ2) is 7.22. The molecule has 0 saturated carbocycles. The Hall–Kier alpha value is -2.15. The maximum atomic E-state index is 11.8. The fourth-order valence-corrected chi connectivity index (χ4v) is 2.74. The van der Waals surface area contributed by atoms with E-state index < -0.39 is 0 Å². The number of hydrogen-bond donors (Lipinski definition) is 1. The number of nitrogens with zero attached hydrogens (tertiary/aromatic N) is 4. The Bertz CT molecular complexity index is 559. The van der Waals surface area contributed by atoms with Crippen molar-refractivity contribution in [3.63, 3.8) is 0 Å². The van der Waals surface area contributed by atoms with Gasteiger partial charge in [-0.1, -0.05) is 0 Å². The summed E-state index contributed by atoms with van der Waals surface area (Å²) in [7, 11) is 0. The average molecular weight is 303 g/mol. The molecule has 0 aliphatic carbocycles. The first kappa shape index (κ1) is 14.8. The molecular weight excluding hydrogens is 282 g/mol. The highest BCUT2D eigenvalue weighted by Crippen LogP contribution is 2.16. The Morgan fingerprint density at radius 2 is 2.05 bits per heavy atom. The first-order chi connectivity index (χ1) is 10.8. The predicted molar refractivity (Wildman–Crippen MR) is 80.2 cm³/mol. The molecule has 2 aromatic rings. The largest absolute Gasteiger partial charge is 0.459 e. The molecule has 0 bridgehead atoms. The smallest absolute Gasteiger partial charge is 0.286 e. The number of nitrogens with one attached hydrogen (secondary N) is 1. The van der Waals surface area contributed by atoms with Crippen molar-refractivity contribution in [2.24, 2.45) is 5.92 Å². The second-order valence-electron chi connectivity index (χ2n) is 5.67. The Kier molecular flexibility index (Phi) is 4.85. The summed E-state index contributed by atoms with van der Waals surface area (Å²) in [4.78, 5) is 14.3. The summed E-state index contributed by atoms with van der Waals surface area (Å²) in [5, 5.41) is 10.6. The van der Waals surface area contributed by atoms with Gasteiger partial charge >= 0.3 is 0 Å². The van der Waals surface area contributed by atoms with E-state index in [-0.39, 0.29) is 5.91 Å². The van der Waals surface area contributed by atoms with Gasteiger partial charge in [-0.25, -0.2) is 0 Å². The molecule has 0 radical (unpaired) electrons. The minimum atomic E-state index is -0.125. The number of amides is 1. The van der Waals surface area contributed by atoms with Gasteiger partial charge in [0, 0.05) is 19.6 Å². The van der Waals surface area contributed by atoms with Gasteiger partial charge in [0.1, 0.15) is 12.7 Å². The topological polar surface area (TPSA) is 76.2 Å². The standard InChI is InChI=1S/C15H21N5O2/c21-15(14-2-1-9-22-14)16-10-13-3-5-19(6-4-13)7-8-20-11-17-18-12-20/h1-2,9,11-13H,3-8,10H2,(H,16,21). The first-order valence-corrected chi connectivity index (χ1v) is 7.68. The maximum absolute atomic E-state index is 11.8. The van der Waals surface area contributed by atoms with Crippen LogP contribution >= 0.6 is 0 Å². The minimum Gasteiger partial charge on any atom is -0.459 e. The molecule has 0 spiro atoms. The summed E-state index contributed by atoms with van der Waals surface area (Å²) in [5.74, 6) is 0.802. The van der Waals surface area contributed by atoms with Crippen molar-refractivity contribution in [1.82, 2.24) is 25.0 Å². The van der Waals surface area contributed by atoms with Crippen LogP contribution in [0.25, 0.3) is 0 Å². The lowest BCUT2D eigenvalue weighted by molar-refractivity contribution is 0.0908. The van der Waals surface area contributed by atoms with Gasteiger partial charge in [0.15, 0.2) is 5.76 Å². The number of carbonyl (C=O) groups is 1. The summed E-state index contributed by atoms with van der Waals surface area (Å²) in [6.07, 6.45) is 7.23. The molecule has 1 fully saturated rings. The molecule has 1 amide bonds. The average Bonchev–Trinajstić information content (AvgIpc) is 3.24. The number of carbonyl (C=O) groups excluding carboxylic acids is 1. The van der Waals surface area contributed by atoms with E-state index in [0.717, 1.165) is 45.6 Å². The lowest BCUT2D eigenvalue weighted by atomic mass is 9.97. The van der Waals surface area contributed by atoms with Gasteiger partial charge in [-0.3, -0.25) is 4.79 Å². The van der Waals surface area contributed by atoms with Gasteiger partial charge in [-0.05, 0) is 44.0 Å². The van der Waals surface area contributed by atoms with Crippen molar-refractivity contribution in [3.8, 4) is 0 Å². The van der Waals surface area contributed by atoms with Crippen LogP contribution in [0.5, 0.6) is 0 Å². The third-order valence-electron chi connectivity index (χ3n) is 4.14. The number of piperidine rings is 1. The van der Waals surface area contributed by atoms with Gasteiger partial charge < -0.3 is 19.2 Å². The molecule has 22 heavy (non-hydrogen) atoms. The lowest BCUT2D eigenvalue weighted by Gasteiger charge is -2.31. The molecule has 7 heteroatoms. The molecular formula is C15H21N5O2. The van der Waals surface area contributed by atoms with Crippen LogP contribution in [0.1, 0.15) is 23.4 Å². The molecule has 0 aromatic carbocycles. The molecule has 7 nitrogen and oxygen atoms in total. The van der Waals surface area contributed by atoms with Crippen molar-refractivity contribution in [3.05, 3.63) is 36.8 Å². The molecule has 0 unspecified atom stereocenters. The van der Waals surface area contributed by atoms with Crippen LogP contribution < -0.4 is 5.32 Å². The minimum absolute atomic E-state index is 0.125. The van der Waals surface area contributed by atoms with Gasteiger partial charge in [0.2, 0.25) is 0 Å². The number of aromatic nitrogens is 3. The Balaban J connectivity index is 1.34.